The number of nitrogens with zero attached hydrogens (tertiary/aromatic N) is 2. The fourth-order valence-corrected chi connectivity index (χ4v) is 3.82. The number of alkyl halides is 3. The highest BCUT2D eigenvalue weighted by Crippen LogP contribution is 2.33. The van der Waals surface area contributed by atoms with Gasteiger partial charge in [0.1, 0.15) is 5.52 Å². The van der Waals surface area contributed by atoms with Crippen LogP contribution in [0.4, 0.5) is 18.9 Å². The molecule has 3 aromatic rings. The first kappa shape index (κ1) is 18.2. The van der Waals surface area contributed by atoms with Crippen molar-refractivity contribution < 1.29 is 21.6 Å². The van der Waals surface area contributed by atoms with E-state index in [1.54, 1.807) is 24.9 Å². The molecule has 0 atom stereocenters. The van der Waals surface area contributed by atoms with Gasteiger partial charge in [-0.3, -0.25) is 4.72 Å². The summed E-state index contributed by atoms with van der Waals surface area (Å²) in [6, 6.07) is 5.51. The minimum absolute atomic E-state index is 0.262. The van der Waals surface area contributed by atoms with Gasteiger partial charge in [0.15, 0.2) is 0 Å². The van der Waals surface area contributed by atoms with Crippen LogP contribution in [-0.4, -0.2) is 18.0 Å². The number of rotatable bonds is 3. The van der Waals surface area contributed by atoms with Gasteiger partial charge in [-0.1, -0.05) is 6.07 Å². The Kier molecular flexibility index (Phi) is 4.22. The number of fused-ring (bicyclic) bond motifs is 1. The highest BCUT2D eigenvalue weighted by molar-refractivity contribution is 7.92. The SMILES string of the molecule is Cc1cc2c(ncn2C)c(NS(=O)(=O)c2cccc(C(F)(F)F)c2)c1C. The lowest BCUT2D eigenvalue weighted by atomic mass is 10.1. The van der Waals surface area contributed by atoms with E-state index in [1.165, 1.54) is 0 Å². The van der Waals surface area contributed by atoms with Crippen LogP contribution in [0.5, 0.6) is 0 Å². The minimum atomic E-state index is -4.63. The molecule has 138 valence electrons. The second-order valence-corrected chi connectivity index (χ2v) is 7.73. The third-order valence-corrected chi connectivity index (χ3v) is 5.59. The van der Waals surface area contributed by atoms with Gasteiger partial charge in [-0.2, -0.15) is 13.2 Å². The van der Waals surface area contributed by atoms with Gasteiger partial charge in [-0.05, 0) is 49.2 Å². The van der Waals surface area contributed by atoms with Crippen molar-refractivity contribution in [3.63, 3.8) is 0 Å². The molecule has 1 heterocycles. The van der Waals surface area contributed by atoms with Gasteiger partial charge >= 0.3 is 6.18 Å². The maximum Gasteiger partial charge on any atom is 0.416 e. The molecule has 0 saturated heterocycles. The Hall–Kier alpha value is -2.55. The van der Waals surface area contributed by atoms with Gasteiger partial charge < -0.3 is 4.57 Å². The van der Waals surface area contributed by atoms with Gasteiger partial charge in [0.05, 0.1) is 28.0 Å². The lowest BCUT2D eigenvalue weighted by Crippen LogP contribution is -2.16. The van der Waals surface area contributed by atoms with Crippen LogP contribution < -0.4 is 4.72 Å². The summed E-state index contributed by atoms with van der Waals surface area (Å²) in [7, 11) is -2.44. The lowest BCUT2D eigenvalue weighted by Gasteiger charge is -2.14. The third-order valence-electron chi connectivity index (χ3n) is 4.25. The standard InChI is InChI=1S/C17H16F3N3O2S/c1-10-7-14-16(21-9-23(14)3)15(11(10)2)22-26(24,25)13-6-4-5-12(8-13)17(18,19)20/h4-9,22H,1-3H3. The van der Waals surface area contributed by atoms with E-state index in [0.717, 1.165) is 29.3 Å². The normalized spacial score (nSPS) is 12.5. The molecule has 0 unspecified atom stereocenters. The molecule has 1 N–H and O–H groups in total. The number of halogens is 3. The zero-order chi connectivity index (χ0) is 19.3. The van der Waals surface area contributed by atoms with Gasteiger partial charge in [-0.25, -0.2) is 13.4 Å². The molecular formula is C17H16F3N3O2S. The van der Waals surface area contributed by atoms with E-state index in [9.17, 15) is 21.6 Å². The van der Waals surface area contributed by atoms with E-state index in [-0.39, 0.29) is 5.69 Å². The average Bonchev–Trinajstić information content (AvgIpc) is 2.92. The number of hydrogen-bond acceptors (Lipinski definition) is 3. The van der Waals surface area contributed by atoms with Gasteiger partial charge in [0.2, 0.25) is 0 Å². The molecule has 0 bridgehead atoms. The number of hydrogen-bond donors (Lipinski definition) is 1. The van der Waals surface area contributed by atoms with Crippen molar-refractivity contribution in [2.75, 3.05) is 4.72 Å². The lowest BCUT2D eigenvalue weighted by molar-refractivity contribution is -0.137. The van der Waals surface area contributed by atoms with E-state index < -0.39 is 26.7 Å². The summed E-state index contributed by atoms with van der Waals surface area (Å²) in [5.74, 6) is 0. The van der Waals surface area contributed by atoms with Crippen LogP contribution in [0, 0.1) is 13.8 Å². The quantitative estimate of drug-likeness (QED) is 0.743. The van der Waals surface area contributed by atoms with E-state index in [0.29, 0.717) is 17.1 Å². The number of anilines is 1. The molecule has 0 fully saturated rings. The van der Waals surface area contributed by atoms with Gasteiger partial charge in [-0.15, -0.1) is 0 Å². The first-order valence-electron chi connectivity index (χ1n) is 7.62. The Morgan fingerprint density at radius 1 is 1.15 bits per heavy atom. The van der Waals surface area contributed by atoms with Crippen molar-refractivity contribution in [1.29, 1.82) is 0 Å². The largest absolute Gasteiger partial charge is 0.416 e. The van der Waals surface area contributed by atoms with E-state index in [2.05, 4.69) is 9.71 Å². The van der Waals surface area contributed by atoms with E-state index >= 15 is 0 Å². The second kappa shape index (κ2) is 6.01. The molecule has 0 aliphatic heterocycles. The molecule has 3 rings (SSSR count). The maximum atomic E-state index is 12.9. The number of aryl methyl sites for hydroxylation is 2. The van der Waals surface area contributed by atoms with Gasteiger partial charge in [0.25, 0.3) is 10.0 Å². The van der Waals surface area contributed by atoms with Crippen LogP contribution in [0.25, 0.3) is 11.0 Å². The predicted octanol–water partition coefficient (Wildman–Crippen LogP) is 4.01. The smallest absolute Gasteiger partial charge is 0.334 e. The molecule has 0 aliphatic carbocycles. The number of benzene rings is 2. The Bertz CT molecular complexity index is 1100. The van der Waals surface area contributed by atoms with Crippen LogP contribution in [-0.2, 0) is 23.2 Å². The van der Waals surface area contributed by atoms with Crippen molar-refractivity contribution in [2.45, 2.75) is 24.9 Å². The van der Waals surface area contributed by atoms with Crippen LogP contribution in [0.3, 0.4) is 0 Å². The Balaban J connectivity index is 2.12. The molecule has 0 aliphatic rings. The summed E-state index contributed by atoms with van der Waals surface area (Å²) >= 11 is 0. The zero-order valence-electron chi connectivity index (χ0n) is 14.2. The average molecular weight is 383 g/mol. The highest BCUT2D eigenvalue weighted by Gasteiger charge is 2.32. The number of aromatic nitrogens is 2. The molecule has 9 heteroatoms. The third kappa shape index (κ3) is 3.14. The zero-order valence-corrected chi connectivity index (χ0v) is 15.0. The summed E-state index contributed by atoms with van der Waals surface area (Å²) < 4.78 is 68.2. The first-order valence-corrected chi connectivity index (χ1v) is 9.10. The van der Waals surface area contributed by atoms with Crippen LogP contribution in [0.1, 0.15) is 16.7 Å². The fraction of sp³-hybridized carbons (Fsp3) is 0.235. The van der Waals surface area contributed by atoms with Crippen molar-refractivity contribution in [2.24, 2.45) is 7.05 Å². The molecule has 0 spiro atoms. The molecule has 1 aromatic heterocycles. The summed E-state index contributed by atoms with van der Waals surface area (Å²) in [6.07, 6.45) is -3.08. The molecule has 26 heavy (non-hydrogen) atoms. The fourth-order valence-electron chi connectivity index (χ4n) is 2.65. The molecule has 0 saturated carbocycles. The van der Waals surface area contributed by atoms with E-state index in [4.69, 9.17) is 0 Å². The summed E-state index contributed by atoms with van der Waals surface area (Å²) in [5, 5.41) is 0. The molecule has 5 nitrogen and oxygen atoms in total. The summed E-state index contributed by atoms with van der Waals surface area (Å²) in [6.45, 7) is 3.55. The highest BCUT2D eigenvalue weighted by atomic mass is 32.2. The van der Waals surface area contributed by atoms with E-state index in [1.807, 2.05) is 13.0 Å². The minimum Gasteiger partial charge on any atom is -0.334 e. The molecule has 0 radical (unpaired) electrons. The second-order valence-electron chi connectivity index (χ2n) is 6.05. The Morgan fingerprint density at radius 3 is 2.50 bits per heavy atom. The van der Waals surface area contributed by atoms with Crippen molar-refractivity contribution in [3.8, 4) is 0 Å². The monoisotopic (exact) mass is 383 g/mol. The maximum absolute atomic E-state index is 12.9. The summed E-state index contributed by atoms with van der Waals surface area (Å²) in [5.41, 5.74) is 1.89. The molecular weight excluding hydrogens is 367 g/mol. The van der Waals surface area contributed by atoms with Crippen molar-refractivity contribution in [1.82, 2.24) is 9.55 Å². The Labute approximate surface area is 148 Å². The van der Waals surface area contributed by atoms with Crippen LogP contribution in [0.15, 0.2) is 41.6 Å². The number of sulfonamides is 1. The predicted molar refractivity (Wildman–Crippen MR) is 92.4 cm³/mol. The Morgan fingerprint density at radius 2 is 1.85 bits per heavy atom. The summed E-state index contributed by atoms with van der Waals surface area (Å²) in [4.78, 5) is 3.75. The van der Waals surface area contributed by atoms with Crippen molar-refractivity contribution in [3.05, 3.63) is 53.3 Å². The topological polar surface area (TPSA) is 64.0 Å². The number of imidazole rings is 1. The van der Waals surface area contributed by atoms with Gasteiger partial charge in [0, 0.05) is 7.05 Å². The number of nitrogens with one attached hydrogen (secondary N) is 1. The van der Waals surface area contributed by atoms with Crippen LogP contribution >= 0.6 is 0 Å². The van der Waals surface area contributed by atoms with Crippen LogP contribution in [0.2, 0.25) is 0 Å². The first-order chi connectivity index (χ1) is 12.0. The molecule has 2 aromatic carbocycles. The van der Waals surface area contributed by atoms with Crippen molar-refractivity contribution >= 4 is 26.7 Å². The molecule has 0 amide bonds.